The molecular formula is C20H26N2O4S. The summed E-state index contributed by atoms with van der Waals surface area (Å²) < 4.78 is 27.6. The van der Waals surface area contributed by atoms with Crippen molar-refractivity contribution in [3.05, 3.63) is 65.7 Å². The van der Waals surface area contributed by atoms with Gasteiger partial charge in [0.2, 0.25) is 0 Å². The number of nitrogens with zero attached hydrogens (tertiary/aromatic N) is 1. The van der Waals surface area contributed by atoms with E-state index in [4.69, 9.17) is 4.18 Å². The van der Waals surface area contributed by atoms with Crippen LogP contribution in [0.5, 0.6) is 5.75 Å². The molecule has 6 nitrogen and oxygen atoms in total. The third-order valence-electron chi connectivity index (χ3n) is 4.17. The lowest BCUT2D eigenvalue weighted by Gasteiger charge is -2.29. The van der Waals surface area contributed by atoms with Crippen molar-refractivity contribution in [2.75, 3.05) is 6.26 Å². The second-order valence-corrected chi connectivity index (χ2v) is 8.04. The van der Waals surface area contributed by atoms with Crippen LogP contribution in [0.4, 0.5) is 4.79 Å². The van der Waals surface area contributed by atoms with Crippen LogP contribution in [-0.2, 0) is 23.2 Å². The third-order valence-corrected chi connectivity index (χ3v) is 4.66. The molecule has 0 heterocycles. The van der Waals surface area contributed by atoms with E-state index in [1.165, 1.54) is 0 Å². The molecule has 2 aromatic carbocycles. The van der Waals surface area contributed by atoms with Gasteiger partial charge in [-0.1, -0.05) is 49.4 Å². The maximum absolute atomic E-state index is 12.7. The van der Waals surface area contributed by atoms with Crippen LogP contribution in [0.15, 0.2) is 54.6 Å². The van der Waals surface area contributed by atoms with E-state index in [0.717, 1.165) is 23.8 Å². The molecular weight excluding hydrogens is 364 g/mol. The molecule has 0 aliphatic rings. The zero-order valence-electron chi connectivity index (χ0n) is 15.9. The summed E-state index contributed by atoms with van der Waals surface area (Å²) in [5, 5.41) is 2.95. The van der Waals surface area contributed by atoms with Crippen LogP contribution in [-0.4, -0.2) is 31.6 Å². The lowest BCUT2D eigenvalue weighted by atomic mass is 10.1. The molecule has 0 saturated carbocycles. The highest BCUT2D eigenvalue weighted by Gasteiger charge is 2.19. The highest BCUT2D eigenvalue weighted by atomic mass is 32.2. The number of hydrogen-bond donors (Lipinski definition) is 1. The van der Waals surface area contributed by atoms with Gasteiger partial charge in [0.05, 0.1) is 6.26 Å². The summed E-state index contributed by atoms with van der Waals surface area (Å²) in [7, 11) is -3.59. The van der Waals surface area contributed by atoms with E-state index in [2.05, 4.69) is 5.32 Å². The largest absolute Gasteiger partial charge is 0.383 e. The Bertz CT molecular complexity index is 853. The van der Waals surface area contributed by atoms with E-state index in [1.54, 1.807) is 23.1 Å². The fraction of sp³-hybridized carbons (Fsp3) is 0.350. The summed E-state index contributed by atoms with van der Waals surface area (Å²) in [5.74, 6) is 0.240. The predicted octanol–water partition coefficient (Wildman–Crippen LogP) is 3.54. The van der Waals surface area contributed by atoms with Gasteiger partial charge in [-0.15, -0.1) is 0 Å². The molecule has 0 spiro atoms. The number of nitrogens with one attached hydrogen (secondary N) is 1. The molecule has 2 amide bonds. The number of rotatable bonds is 8. The van der Waals surface area contributed by atoms with Crippen LogP contribution in [0.25, 0.3) is 0 Å². The number of amides is 2. The van der Waals surface area contributed by atoms with E-state index in [0.29, 0.717) is 13.1 Å². The standard InChI is InChI=1S/C20H26N2O4S/c1-4-16(2)22(20(23)21-14-17-9-6-5-7-10-17)15-18-11-8-12-19(13-18)26-27(3,24)25/h5-13,16H,4,14-15H2,1-3H3,(H,21,23)/t16-/m0/s1. The average Bonchev–Trinajstić information content (AvgIpc) is 2.63. The van der Waals surface area contributed by atoms with Gasteiger partial charge in [0, 0.05) is 19.1 Å². The van der Waals surface area contributed by atoms with Crippen LogP contribution >= 0.6 is 0 Å². The average molecular weight is 391 g/mol. The Morgan fingerprint density at radius 3 is 2.41 bits per heavy atom. The van der Waals surface area contributed by atoms with Crippen molar-refractivity contribution in [2.45, 2.75) is 39.4 Å². The van der Waals surface area contributed by atoms with Gasteiger partial charge in [-0.3, -0.25) is 0 Å². The lowest BCUT2D eigenvalue weighted by Crippen LogP contribution is -2.44. The van der Waals surface area contributed by atoms with Crippen LogP contribution in [0.1, 0.15) is 31.4 Å². The van der Waals surface area contributed by atoms with Gasteiger partial charge in [-0.05, 0) is 36.6 Å². The Kier molecular flexibility index (Phi) is 7.24. The van der Waals surface area contributed by atoms with Crippen LogP contribution in [0, 0.1) is 0 Å². The molecule has 0 aliphatic carbocycles. The monoisotopic (exact) mass is 390 g/mol. The van der Waals surface area contributed by atoms with Crippen molar-refractivity contribution < 1.29 is 17.4 Å². The van der Waals surface area contributed by atoms with Crippen LogP contribution in [0.2, 0.25) is 0 Å². The number of carbonyl (C=O) groups excluding carboxylic acids is 1. The Morgan fingerprint density at radius 1 is 1.11 bits per heavy atom. The smallest absolute Gasteiger partial charge is 0.318 e. The first-order valence-electron chi connectivity index (χ1n) is 8.85. The van der Waals surface area contributed by atoms with E-state index in [-0.39, 0.29) is 17.8 Å². The van der Waals surface area contributed by atoms with Gasteiger partial charge in [0.1, 0.15) is 5.75 Å². The zero-order valence-corrected chi connectivity index (χ0v) is 16.7. The van der Waals surface area contributed by atoms with Gasteiger partial charge in [-0.2, -0.15) is 8.42 Å². The highest BCUT2D eigenvalue weighted by molar-refractivity contribution is 7.86. The molecule has 0 saturated heterocycles. The maximum atomic E-state index is 12.7. The predicted molar refractivity (Wildman–Crippen MR) is 106 cm³/mol. The first kappa shape index (κ1) is 20.8. The van der Waals surface area contributed by atoms with Gasteiger partial charge in [0.15, 0.2) is 0 Å². The molecule has 1 N–H and O–H groups in total. The molecule has 146 valence electrons. The highest BCUT2D eigenvalue weighted by Crippen LogP contribution is 2.18. The van der Waals surface area contributed by atoms with Crippen molar-refractivity contribution >= 4 is 16.1 Å². The molecule has 0 aromatic heterocycles. The Hall–Kier alpha value is -2.54. The number of carbonyl (C=O) groups is 1. The molecule has 0 aliphatic heterocycles. The first-order valence-corrected chi connectivity index (χ1v) is 10.7. The van der Waals surface area contributed by atoms with E-state index >= 15 is 0 Å². The maximum Gasteiger partial charge on any atom is 0.318 e. The van der Waals surface area contributed by atoms with E-state index in [9.17, 15) is 13.2 Å². The van der Waals surface area contributed by atoms with Gasteiger partial charge in [-0.25, -0.2) is 4.79 Å². The fourth-order valence-electron chi connectivity index (χ4n) is 2.59. The second-order valence-electron chi connectivity index (χ2n) is 6.46. The normalized spacial score (nSPS) is 12.3. The van der Waals surface area contributed by atoms with Crippen molar-refractivity contribution in [1.82, 2.24) is 10.2 Å². The molecule has 27 heavy (non-hydrogen) atoms. The summed E-state index contributed by atoms with van der Waals surface area (Å²) in [5.41, 5.74) is 1.82. The zero-order chi connectivity index (χ0) is 19.9. The quantitative estimate of drug-likeness (QED) is 0.700. The third kappa shape index (κ3) is 6.94. The van der Waals surface area contributed by atoms with Gasteiger partial charge in [0.25, 0.3) is 0 Å². The molecule has 0 bridgehead atoms. The minimum Gasteiger partial charge on any atom is -0.383 e. The summed E-state index contributed by atoms with van der Waals surface area (Å²) in [6, 6.07) is 16.4. The summed E-state index contributed by atoms with van der Waals surface area (Å²) in [4.78, 5) is 14.5. The van der Waals surface area contributed by atoms with Crippen molar-refractivity contribution in [1.29, 1.82) is 0 Å². The fourth-order valence-corrected chi connectivity index (χ4v) is 3.04. The minimum atomic E-state index is -3.59. The Balaban J connectivity index is 2.09. The summed E-state index contributed by atoms with van der Waals surface area (Å²) in [6.45, 7) is 4.81. The molecule has 2 rings (SSSR count). The Labute approximate surface area is 161 Å². The lowest BCUT2D eigenvalue weighted by molar-refractivity contribution is 0.173. The minimum absolute atomic E-state index is 0.0280. The molecule has 0 radical (unpaired) electrons. The first-order chi connectivity index (χ1) is 12.8. The second kappa shape index (κ2) is 9.41. The molecule has 2 aromatic rings. The topological polar surface area (TPSA) is 75.7 Å². The van der Waals surface area contributed by atoms with E-state index < -0.39 is 10.1 Å². The molecule has 7 heteroatoms. The molecule has 0 fully saturated rings. The molecule has 0 unspecified atom stereocenters. The van der Waals surface area contributed by atoms with E-state index in [1.807, 2.05) is 50.2 Å². The van der Waals surface area contributed by atoms with Crippen LogP contribution < -0.4 is 9.50 Å². The van der Waals surface area contributed by atoms with Crippen molar-refractivity contribution in [2.24, 2.45) is 0 Å². The summed E-state index contributed by atoms with van der Waals surface area (Å²) in [6.07, 6.45) is 1.81. The van der Waals surface area contributed by atoms with Gasteiger partial charge >= 0.3 is 16.1 Å². The molecule has 1 atom stereocenters. The van der Waals surface area contributed by atoms with Gasteiger partial charge < -0.3 is 14.4 Å². The summed E-state index contributed by atoms with van der Waals surface area (Å²) >= 11 is 0. The number of hydrogen-bond acceptors (Lipinski definition) is 4. The Morgan fingerprint density at radius 2 is 1.78 bits per heavy atom. The number of urea groups is 1. The van der Waals surface area contributed by atoms with Crippen molar-refractivity contribution in [3.8, 4) is 5.75 Å². The number of benzene rings is 2. The van der Waals surface area contributed by atoms with Crippen LogP contribution in [0.3, 0.4) is 0 Å². The van der Waals surface area contributed by atoms with Crippen molar-refractivity contribution in [3.63, 3.8) is 0 Å². The SMILES string of the molecule is CC[C@H](C)N(Cc1cccc(OS(C)(=O)=O)c1)C(=O)NCc1ccccc1.